The van der Waals surface area contributed by atoms with Crippen molar-refractivity contribution in [3.8, 4) is 0 Å². The van der Waals surface area contributed by atoms with Crippen molar-refractivity contribution in [3.05, 3.63) is 52.6 Å². The molecule has 0 fully saturated rings. The molecule has 2 aromatic rings. The van der Waals surface area contributed by atoms with Crippen LogP contribution in [-0.4, -0.2) is 28.5 Å². The molecule has 1 aromatic heterocycles. The van der Waals surface area contributed by atoms with Crippen molar-refractivity contribution in [2.45, 2.75) is 13.8 Å². The largest absolute Gasteiger partial charge is 0.451 e. The summed E-state index contributed by atoms with van der Waals surface area (Å²) in [6, 6.07) is 5.14. The Kier molecular flexibility index (Phi) is 5.06. The fraction of sp³-hybridized carbons (Fsp3) is 0.200. The minimum atomic E-state index is -0.703. The third kappa shape index (κ3) is 4.26. The van der Waals surface area contributed by atoms with E-state index in [-0.39, 0.29) is 5.69 Å². The van der Waals surface area contributed by atoms with Gasteiger partial charge in [0.25, 0.3) is 5.91 Å². The highest BCUT2D eigenvalue weighted by Gasteiger charge is 2.12. The van der Waals surface area contributed by atoms with E-state index in [9.17, 15) is 9.59 Å². The second kappa shape index (κ2) is 7.00. The van der Waals surface area contributed by atoms with Crippen molar-refractivity contribution < 1.29 is 14.3 Å². The summed E-state index contributed by atoms with van der Waals surface area (Å²) in [5, 5.41) is 3.14. The Morgan fingerprint density at radius 2 is 2.00 bits per heavy atom. The summed E-state index contributed by atoms with van der Waals surface area (Å²) in [5.41, 5.74) is 2.17. The zero-order chi connectivity index (χ0) is 16.1. The van der Waals surface area contributed by atoms with Gasteiger partial charge in [0.2, 0.25) is 0 Å². The molecule has 0 saturated carbocycles. The Balaban J connectivity index is 1.91. The lowest BCUT2D eigenvalue weighted by Crippen LogP contribution is -2.21. The van der Waals surface area contributed by atoms with E-state index >= 15 is 0 Å². The maximum Gasteiger partial charge on any atom is 0.359 e. The Bertz CT molecular complexity index is 702. The molecule has 0 aliphatic rings. The number of ether oxygens (including phenoxy) is 1. The molecule has 22 heavy (non-hydrogen) atoms. The number of carbonyl (C=O) groups is 2. The molecule has 1 aromatic carbocycles. The van der Waals surface area contributed by atoms with Crippen LogP contribution in [0.2, 0.25) is 5.02 Å². The van der Waals surface area contributed by atoms with E-state index in [1.807, 2.05) is 6.92 Å². The fourth-order valence-corrected chi connectivity index (χ4v) is 1.79. The standard InChI is InChI=1S/C15H14ClN3O3/c1-9-3-4-11(16)5-12(9)19-14(20)8-22-15(21)13-7-17-10(2)6-18-13/h3-7H,8H2,1-2H3,(H,19,20). The summed E-state index contributed by atoms with van der Waals surface area (Å²) in [6.07, 6.45) is 2.75. The van der Waals surface area contributed by atoms with Crippen molar-refractivity contribution in [2.75, 3.05) is 11.9 Å². The molecule has 114 valence electrons. The van der Waals surface area contributed by atoms with Crippen LogP contribution in [0, 0.1) is 13.8 Å². The monoisotopic (exact) mass is 319 g/mol. The van der Waals surface area contributed by atoms with Crippen molar-refractivity contribution >= 4 is 29.2 Å². The maximum absolute atomic E-state index is 11.8. The predicted molar refractivity (Wildman–Crippen MR) is 81.9 cm³/mol. The maximum atomic E-state index is 11.8. The van der Waals surface area contributed by atoms with Crippen LogP contribution in [0.15, 0.2) is 30.6 Å². The Hall–Kier alpha value is -2.47. The van der Waals surface area contributed by atoms with Crippen molar-refractivity contribution in [1.29, 1.82) is 0 Å². The van der Waals surface area contributed by atoms with E-state index in [4.69, 9.17) is 16.3 Å². The number of nitrogens with zero attached hydrogens (tertiary/aromatic N) is 2. The molecule has 0 spiro atoms. The number of rotatable bonds is 4. The molecule has 1 N–H and O–H groups in total. The number of benzene rings is 1. The summed E-state index contributed by atoms with van der Waals surface area (Å²) in [6.45, 7) is 3.17. The normalized spacial score (nSPS) is 10.1. The van der Waals surface area contributed by atoms with Gasteiger partial charge < -0.3 is 10.1 Å². The van der Waals surface area contributed by atoms with Crippen LogP contribution in [0.5, 0.6) is 0 Å². The summed E-state index contributed by atoms with van der Waals surface area (Å²) in [5.74, 6) is -1.16. The zero-order valence-electron chi connectivity index (χ0n) is 12.1. The fourth-order valence-electron chi connectivity index (χ4n) is 1.62. The molecule has 0 bridgehead atoms. The highest BCUT2D eigenvalue weighted by Crippen LogP contribution is 2.19. The van der Waals surface area contributed by atoms with E-state index in [1.54, 1.807) is 25.1 Å². The van der Waals surface area contributed by atoms with Crippen LogP contribution in [0.3, 0.4) is 0 Å². The van der Waals surface area contributed by atoms with Crippen LogP contribution in [-0.2, 0) is 9.53 Å². The third-order valence-corrected chi connectivity index (χ3v) is 3.03. The van der Waals surface area contributed by atoms with Crippen LogP contribution < -0.4 is 5.32 Å². The number of esters is 1. The van der Waals surface area contributed by atoms with E-state index in [0.717, 1.165) is 5.56 Å². The number of halogens is 1. The second-order valence-electron chi connectivity index (χ2n) is 4.63. The topological polar surface area (TPSA) is 81.2 Å². The minimum Gasteiger partial charge on any atom is -0.451 e. The molecule has 6 nitrogen and oxygen atoms in total. The van der Waals surface area contributed by atoms with Gasteiger partial charge in [0.1, 0.15) is 0 Å². The average molecular weight is 320 g/mol. The van der Waals surface area contributed by atoms with Gasteiger partial charge in [-0.15, -0.1) is 0 Å². The molecule has 0 atom stereocenters. The van der Waals surface area contributed by atoms with Crippen LogP contribution in [0.25, 0.3) is 0 Å². The lowest BCUT2D eigenvalue weighted by atomic mass is 10.2. The van der Waals surface area contributed by atoms with Gasteiger partial charge in [-0.05, 0) is 31.5 Å². The molecule has 0 radical (unpaired) electrons. The zero-order valence-corrected chi connectivity index (χ0v) is 12.8. The molecule has 0 aliphatic heterocycles. The molecule has 1 heterocycles. The number of hydrogen-bond donors (Lipinski definition) is 1. The first-order valence-electron chi connectivity index (χ1n) is 6.47. The van der Waals surface area contributed by atoms with Crippen LogP contribution in [0.4, 0.5) is 5.69 Å². The number of amides is 1. The first-order valence-corrected chi connectivity index (χ1v) is 6.85. The number of carbonyl (C=O) groups excluding carboxylic acids is 2. The number of aromatic nitrogens is 2. The van der Waals surface area contributed by atoms with Gasteiger partial charge in [-0.1, -0.05) is 17.7 Å². The van der Waals surface area contributed by atoms with Gasteiger partial charge in [-0.25, -0.2) is 9.78 Å². The van der Waals surface area contributed by atoms with Crippen molar-refractivity contribution in [3.63, 3.8) is 0 Å². The number of anilines is 1. The van der Waals surface area contributed by atoms with E-state index < -0.39 is 18.5 Å². The molecular formula is C15H14ClN3O3. The molecule has 7 heteroatoms. The highest BCUT2D eigenvalue weighted by atomic mass is 35.5. The quantitative estimate of drug-likeness (QED) is 0.876. The number of nitrogens with one attached hydrogen (secondary N) is 1. The van der Waals surface area contributed by atoms with Gasteiger partial charge >= 0.3 is 5.97 Å². The minimum absolute atomic E-state index is 0.0531. The smallest absolute Gasteiger partial charge is 0.359 e. The van der Waals surface area contributed by atoms with Crippen molar-refractivity contribution in [1.82, 2.24) is 9.97 Å². The third-order valence-electron chi connectivity index (χ3n) is 2.80. The lowest BCUT2D eigenvalue weighted by molar-refractivity contribution is -0.119. The SMILES string of the molecule is Cc1cnc(C(=O)OCC(=O)Nc2cc(Cl)ccc2C)cn1. The van der Waals surface area contributed by atoms with Gasteiger partial charge in [0, 0.05) is 16.9 Å². The van der Waals surface area contributed by atoms with E-state index in [0.29, 0.717) is 16.4 Å². The van der Waals surface area contributed by atoms with Crippen molar-refractivity contribution in [2.24, 2.45) is 0 Å². The average Bonchev–Trinajstić information content (AvgIpc) is 2.49. The van der Waals surface area contributed by atoms with Gasteiger partial charge in [-0.3, -0.25) is 9.78 Å². The van der Waals surface area contributed by atoms with Gasteiger partial charge in [0.05, 0.1) is 11.9 Å². The number of hydrogen-bond acceptors (Lipinski definition) is 5. The second-order valence-corrected chi connectivity index (χ2v) is 5.06. The Labute approximate surface area is 132 Å². The van der Waals surface area contributed by atoms with E-state index in [2.05, 4.69) is 15.3 Å². The first-order chi connectivity index (χ1) is 10.5. The first kappa shape index (κ1) is 15.9. The van der Waals surface area contributed by atoms with Crippen LogP contribution >= 0.6 is 11.6 Å². The summed E-state index contributed by atoms with van der Waals surface area (Å²) in [7, 11) is 0. The van der Waals surface area contributed by atoms with Gasteiger partial charge in [-0.2, -0.15) is 0 Å². The Morgan fingerprint density at radius 3 is 2.68 bits per heavy atom. The summed E-state index contributed by atoms with van der Waals surface area (Å²) < 4.78 is 4.89. The summed E-state index contributed by atoms with van der Waals surface area (Å²) in [4.78, 5) is 31.3. The molecular weight excluding hydrogens is 306 g/mol. The molecule has 0 aliphatic carbocycles. The molecule has 1 amide bonds. The molecule has 0 unspecified atom stereocenters. The van der Waals surface area contributed by atoms with Gasteiger partial charge in [0.15, 0.2) is 12.3 Å². The Morgan fingerprint density at radius 1 is 1.23 bits per heavy atom. The highest BCUT2D eigenvalue weighted by molar-refractivity contribution is 6.31. The predicted octanol–water partition coefficient (Wildman–Crippen LogP) is 2.54. The number of aryl methyl sites for hydroxylation is 2. The van der Waals surface area contributed by atoms with Crippen LogP contribution in [0.1, 0.15) is 21.7 Å². The summed E-state index contributed by atoms with van der Waals surface area (Å²) >= 11 is 5.87. The molecule has 2 rings (SSSR count). The van der Waals surface area contributed by atoms with E-state index in [1.165, 1.54) is 12.4 Å². The lowest BCUT2D eigenvalue weighted by Gasteiger charge is -2.09. The molecule has 0 saturated heterocycles.